The van der Waals surface area contributed by atoms with E-state index in [4.69, 9.17) is 4.74 Å². The molecule has 2 aromatic rings. The Hall–Kier alpha value is -2.52. The van der Waals surface area contributed by atoms with Crippen LogP contribution in [0.1, 0.15) is 38.3 Å². The van der Waals surface area contributed by atoms with Gasteiger partial charge in [0.2, 0.25) is 16.9 Å². The van der Waals surface area contributed by atoms with Gasteiger partial charge in [-0.05, 0) is 43.0 Å². The van der Waals surface area contributed by atoms with E-state index in [1.54, 1.807) is 12.6 Å². The molecule has 1 aromatic heterocycles. The molecule has 2 heterocycles. The van der Waals surface area contributed by atoms with E-state index in [2.05, 4.69) is 39.6 Å². The first-order chi connectivity index (χ1) is 14.5. The summed E-state index contributed by atoms with van der Waals surface area (Å²) < 4.78 is 5.22. The minimum atomic E-state index is -0.155. The van der Waals surface area contributed by atoms with Crippen molar-refractivity contribution in [2.24, 2.45) is 11.8 Å². The molecule has 2 amide bonds. The summed E-state index contributed by atoms with van der Waals surface area (Å²) in [5.74, 6) is 0.788. The molecule has 9 heteroatoms. The number of nitrogens with one attached hydrogen (secondary N) is 2. The van der Waals surface area contributed by atoms with Gasteiger partial charge in [-0.15, -0.1) is 10.2 Å². The Kier molecular flexibility index (Phi) is 7.75. The van der Waals surface area contributed by atoms with Gasteiger partial charge in [0.1, 0.15) is 11.3 Å². The summed E-state index contributed by atoms with van der Waals surface area (Å²) in [6.45, 7) is 5.83. The molecule has 0 bridgehead atoms. The Morgan fingerprint density at radius 3 is 2.70 bits per heavy atom. The second-order valence-electron chi connectivity index (χ2n) is 7.87. The molecule has 2 atom stereocenters. The molecule has 1 aliphatic heterocycles. The van der Waals surface area contributed by atoms with Crippen molar-refractivity contribution < 1.29 is 14.3 Å². The highest BCUT2D eigenvalue weighted by molar-refractivity contribution is 7.13. The summed E-state index contributed by atoms with van der Waals surface area (Å²) in [5, 5.41) is 14.1. The van der Waals surface area contributed by atoms with E-state index in [9.17, 15) is 9.59 Å². The third kappa shape index (κ3) is 5.99. The number of carbonyl (C=O) groups excluding carboxylic acids is 2. The number of methoxy groups -OCH3 is 1. The minimum absolute atomic E-state index is 0.0327. The van der Waals surface area contributed by atoms with Crippen LogP contribution in [0.3, 0.4) is 0 Å². The van der Waals surface area contributed by atoms with Crippen molar-refractivity contribution in [1.82, 2.24) is 20.4 Å². The molecule has 1 aliphatic rings. The standard InChI is InChI=1S/C21H29N5O3S/c1-14(2)19(15-6-8-17(29-3)9-7-15)23-18(27)12-26-10-4-5-16(11-26)20(28)24-21-25-22-13-30-21/h6-9,13-14,16,19H,4-5,10-12H2,1-3H3,(H,23,27)(H,24,25,28). The first kappa shape index (κ1) is 22.2. The molecule has 2 N–H and O–H groups in total. The Morgan fingerprint density at radius 1 is 1.30 bits per heavy atom. The van der Waals surface area contributed by atoms with E-state index in [1.807, 2.05) is 24.3 Å². The molecule has 0 aliphatic carbocycles. The van der Waals surface area contributed by atoms with Crippen molar-refractivity contribution in [3.8, 4) is 5.75 Å². The molecule has 2 unspecified atom stereocenters. The van der Waals surface area contributed by atoms with Gasteiger partial charge in [-0.2, -0.15) is 0 Å². The van der Waals surface area contributed by atoms with E-state index in [-0.39, 0.29) is 36.2 Å². The summed E-state index contributed by atoms with van der Waals surface area (Å²) in [6.07, 6.45) is 1.69. The first-order valence-corrected chi connectivity index (χ1v) is 11.1. The van der Waals surface area contributed by atoms with E-state index in [0.717, 1.165) is 30.7 Å². The molecule has 0 spiro atoms. The highest BCUT2D eigenvalue weighted by Crippen LogP contribution is 2.24. The molecule has 0 radical (unpaired) electrons. The van der Waals surface area contributed by atoms with Crippen LogP contribution in [0.5, 0.6) is 5.75 Å². The number of rotatable bonds is 8. The van der Waals surface area contributed by atoms with Gasteiger partial charge in [-0.3, -0.25) is 14.5 Å². The largest absolute Gasteiger partial charge is 0.497 e. The molecular weight excluding hydrogens is 402 g/mol. The number of piperidine rings is 1. The highest BCUT2D eigenvalue weighted by Gasteiger charge is 2.28. The molecule has 1 aromatic carbocycles. The van der Waals surface area contributed by atoms with Crippen molar-refractivity contribution in [3.05, 3.63) is 35.3 Å². The van der Waals surface area contributed by atoms with Crippen LogP contribution >= 0.6 is 11.3 Å². The maximum Gasteiger partial charge on any atom is 0.234 e. The van der Waals surface area contributed by atoms with Gasteiger partial charge in [0, 0.05) is 6.54 Å². The predicted molar refractivity (Wildman–Crippen MR) is 116 cm³/mol. The average molecular weight is 432 g/mol. The molecule has 1 fully saturated rings. The number of anilines is 1. The Labute approximate surface area is 181 Å². The number of aromatic nitrogens is 2. The fourth-order valence-corrected chi connectivity index (χ4v) is 4.16. The zero-order valence-electron chi connectivity index (χ0n) is 17.6. The van der Waals surface area contributed by atoms with Gasteiger partial charge < -0.3 is 15.4 Å². The van der Waals surface area contributed by atoms with Crippen molar-refractivity contribution in [1.29, 1.82) is 0 Å². The summed E-state index contributed by atoms with van der Waals surface area (Å²) in [7, 11) is 1.64. The summed E-state index contributed by atoms with van der Waals surface area (Å²) >= 11 is 1.30. The van der Waals surface area contributed by atoms with Crippen LogP contribution in [-0.4, -0.2) is 53.7 Å². The zero-order chi connectivity index (χ0) is 21.5. The average Bonchev–Trinajstić information content (AvgIpc) is 3.25. The van der Waals surface area contributed by atoms with Gasteiger partial charge in [-0.1, -0.05) is 37.3 Å². The van der Waals surface area contributed by atoms with Crippen LogP contribution in [-0.2, 0) is 9.59 Å². The fourth-order valence-electron chi connectivity index (χ4n) is 3.72. The number of hydrogen-bond acceptors (Lipinski definition) is 7. The van der Waals surface area contributed by atoms with Crippen LogP contribution in [0, 0.1) is 11.8 Å². The number of amides is 2. The van der Waals surface area contributed by atoms with Crippen LogP contribution in [0.4, 0.5) is 5.13 Å². The van der Waals surface area contributed by atoms with Crippen molar-refractivity contribution in [3.63, 3.8) is 0 Å². The van der Waals surface area contributed by atoms with Gasteiger partial charge in [0.05, 0.1) is 25.6 Å². The lowest BCUT2D eigenvalue weighted by Gasteiger charge is -2.32. The second kappa shape index (κ2) is 10.5. The summed E-state index contributed by atoms with van der Waals surface area (Å²) in [5.41, 5.74) is 2.63. The van der Waals surface area contributed by atoms with Crippen molar-refractivity contribution in [2.45, 2.75) is 32.7 Å². The van der Waals surface area contributed by atoms with Crippen molar-refractivity contribution in [2.75, 3.05) is 32.1 Å². The van der Waals surface area contributed by atoms with E-state index >= 15 is 0 Å². The normalized spacial score (nSPS) is 18.1. The molecular formula is C21H29N5O3S. The minimum Gasteiger partial charge on any atom is -0.497 e. The van der Waals surface area contributed by atoms with Crippen LogP contribution < -0.4 is 15.4 Å². The summed E-state index contributed by atoms with van der Waals surface area (Å²) in [6, 6.07) is 7.70. The third-order valence-electron chi connectivity index (χ3n) is 5.29. The monoisotopic (exact) mass is 431 g/mol. The topological polar surface area (TPSA) is 96.5 Å². The van der Waals surface area contributed by atoms with Crippen LogP contribution in [0.15, 0.2) is 29.8 Å². The number of ether oxygens (including phenoxy) is 1. The number of carbonyl (C=O) groups is 2. The maximum absolute atomic E-state index is 12.8. The first-order valence-electron chi connectivity index (χ1n) is 10.2. The number of hydrogen-bond donors (Lipinski definition) is 2. The van der Waals surface area contributed by atoms with Gasteiger partial charge in [0.15, 0.2) is 0 Å². The second-order valence-corrected chi connectivity index (χ2v) is 8.70. The predicted octanol–water partition coefficient (Wildman–Crippen LogP) is 2.71. The molecule has 30 heavy (non-hydrogen) atoms. The molecule has 1 saturated heterocycles. The Bertz CT molecular complexity index is 826. The highest BCUT2D eigenvalue weighted by atomic mass is 32.1. The van der Waals surface area contributed by atoms with Crippen LogP contribution in [0.25, 0.3) is 0 Å². The van der Waals surface area contributed by atoms with Crippen molar-refractivity contribution >= 4 is 28.3 Å². The number of nitrogens with zero attached hydrogens (tertiary/aromatic N) is 3. The fraction of sp³-hybridized carbons (Fsp3) is 0.524. The quantitative estimate of drug-likeness (QED) is 0.667. The lowest BCUT2D eigenvalue weighted by Crippen LogP contribution is -2.46. The zero-order valence-corrected chi connectivity index (χ0v) is 18.4. The number of likely N-dealkylation sites (tertiary alicyclic amines) is 1. The third-order valence-corrected chi connectivity index (χ3v) is 5.90. The lowest BCUT2D eigenvalue weighted by molar-refractivity contribution is -0.126. The molecule has 162 valence electrons. The lowest BCUT2D eigenvalue weighted by atomic mass is 9.95. The molecule has 0 saturated carbocycles. The van der Waals surface area contributed by atoms with Gasteiger partial charge in [-0.25, -0.2) is 0 Å². The van der Waals surface area contributed by atoms with E-state index in [1.165, 1.54) is 11.3 Å². The molecule has 3 rings (SSSR count). The Balaban J connectivity index is 1.55. The van der Waals surface area contributed by atoms with Gasteiger partial charge >= 0.3 is 0 Å². The van der Waals surface area contributed by atoms with E-state index < -0.39 is 0 Å². The van der Waals surface area contributed by atoms with Gasteiger partial charge in [0.25, 0.3) is 0 Å². The van der Waals surface area contributed by atoms with E-state index in [0.29, 0.717) is 11.7 Å². The number of benzene rings is 1. The molecule has 8 nitrogen and oxygen atoms in total. The van der Waals surface area contributed by atoms with Crippen LogP contribution in [0.2, 0.25) is 0 Å². The smallest absolute Gasteiger partial charge is 0.234 e. The maximum atomic E-state index is 12.8. The SMILES string of the molecule is COc1ccc(C(NC(=O)CN2CCCC(C(=O)Nc3nncs3)C2)C(C)C)cc1. The Morgan fingerprint density at radius 2 is 2.07 bits per heavy atom. The summed E-state index contributed by atoms with van der Waals surface area (Å²) in [4.78, 5) is 27.3.